The van der Waals surface area contributed by atoms with Crippen LogP contribution in [-0.2, 0) is 6.54 Å². The maximum atomic E-state index is 13.2. The van der Waals surface area contributed by atoms with E-state index in [1.807, 2.05) is 0 Å². The SMILES string of the molecule is NC1CCCN(C(=O)c2cn(Cc3cccc(F)c3)nn2)C1. The molecule has 1 fully saturated rings. The number of nitrogens with two attached hydrogens (primary N) is 1. The van der Waals surface area contributed by atoms with Crippen molar-refractivity contribution in [2.75, 3.05) is 13.1 Å². The number of likely N-dealkylation sites (tertiary alicyclic amines) is 1. The highest BCUT2D eigenvalue weighted by molar-refractivity contribution is 5.92. The maximum absolute atomic E-state index is 13.2. The summed E-state index contributed by atoms with van der Waals surface area (Å²) < 4.78 is 14.7. The van der Waals surface area contributed by atoms with Crippen LogP contribution in [0.2, 0.25) is 0 Å². The number of nitrogens with zero attached hydrogens (tertiary/aromatic N) is 4. The third-order valence-corrected chi connectivity index (χ3v) is 3.74. The summed E-state index contributed by atoms with van der Waals surface area (Å²) in [5.74, 6) is -0.447. The van der Waals surface area contributed by atoms with Crippen molar-refractivity contribution in [2.45, 2.75) is 25.4 Å². The van der Waals surface area contributed by atoms with E-state index in [9.17, 15) is 9.18 Å². The predicted octanol–water partition coefficient (Wildman–Crippen LogP) is 1.03. The molecule has 1 aromatic carbocycles. The summed E-state index contributed by atoms with van der Waals surface area (Å²) >= 11 is 0. The lowest BCUT2D eigenvalue weighted by molar-refractivity contribution is 0.0702. The molecule has 1 amide bonds. The number of benzene rings is 1. The Kier molecular flexibility index (Phi) is 4.15. The first kappa shape index (κ1) is 14.6. The lowest BCUT2D eigenvalue weighted by atomic mass is 10.1. The lowest BCUT2D eigenvalue weighted by Gasteiger charge is -2.30. The molecule has 1 saturated heterocycles. The van der Waals surface area contributed by atoms with E-state index in [0.717, 1.165) is 18.4 Å². The molecule has 2 heterocycles. The molecular formula is C15H18FN5O. The number of carbonyl (C=O) groups excluding carboxylic acids is 1. The van der Waals surface area contributed by atoms with Crippen LogP contribution in [0.4, 0.5) is 4.39 Å². The van der Waals surface area contributed by atoms with Crippen LogP contribution >= 0.6 is 0 Å². The van der Waals surface area contributed by atoms with Crippen molar-refractivity contribution >= 4 is 5.91 Å². The molecule has 2 N–H and O–H groups in total. The average molecular weight is 303 g/mol. The number of rotatable bonds is 3. The van der Waals surface area contributed by atoms with Crippen LogP contribution in [0.15, 0.2) is 30.5 Å². The Bertz CT molecular complexity index is 671. The van der Waals surface area contributed by atoms with Gasteiger partial charge in [-0.25, -0.2) is 9.07 Å². The van der Waals surface area contributed by atoms with Gasteiger partial charge in [0.25, 0.3) is 5.91 Å². The Balaban J connectivity index is 1.69. The normalized spacial score (nSPS) is 18.5. The fourth-order valence-corrected chi connectivity index (χ4v) is 2.65. The van der Waals surface area contributed by atoms with Crippen molar-refractivity contribution in [3.8, 4) is 0 Å². The number of carbonyl (C=O) groups is 1. The molecule has 1 aliphatic heterocycles. The van der Waals surface area contributed by atoms with Gasteiger partial charge in [-0.05, 0) is 30.5 Å². The topological polar surface area (TPSA) is 77.0 Å². The third kappa shape index (κ3) is 3.30. The van der Waals surface area contributed by atoms with Crippen LogP contribution in [0.1, 0.15) is 28.9 Å². The van der Waals surface area contributed by atoms with Gasteiger partial charge in [-0.3, -0.25) is 4.79 Å². The van der Waals surface area contributed by atoms with Crippen LogP contribution in [0.25, 0.3) is 0 Å². The maximum Gasteiger partial charge on any atom is 0.276 e. The molecule has 1 atom stereocenters. The van der Waals surface area contributed by atoms with Crippen molar-refractivity contribution < 1.29 is 9.18 Å². The monoisotopic (exact) mass is 303 g/mol. The molecular weight excluding hydrogens is 285 g/mol. The molecule has 22 heavy (non-hydrogen) atoms. The lowest BCUT2D eigenvalue weighted by Crippen LogP contribution is -2.45. The van der Waals surface area contributed by atoms with Gasteiger partial charge in [-0.1, -0.05) is 17.3 Å². The molecule has 0 saturated carbocycles. The zero-order chi connectivity index (χ0) is 15.5. The van der Waals surface area contributed by atoms with E-state index in [-0.39, 0.29) is 17.8 Å². The summed E-state index contributed by atoms with van der Waals surface area (Å²) in [4.78, 5) is 14.1. The molecule has 0 spiro atoms. The van der Waals surface area contributed by atoms with Crippen LogP contribution in [0, 0.1) is 5.82 Å². The van der Waals surface area contributed by atoms with Crippen molar-refractivity contribution in [3.63, 3.8) is 0 Å². The predicted molar refractivity (Wildman–Crippen MR) is 78.6 cm³/mol. The fourth-order valence-electron chi connectivity index (χ4n) is 2.65. The van der Waals surface area contributed by atoms with Crippen LogP contribution < -0.4 is 5.73 Å². The van der Waals surface area contributed by atoms with Gasteiger partial charge in [-0.15, -0.1) is 5.10 Å². The standard InChI is InChI=1S/C15H18FN5O/c16-12-4-1-3-11(7-12)8-21-10-14(18-19-21)15(22)20-6-2-5-13(17)9-20/h1,3-4,7,10,13H,2,5-6,8-9,17H2. The van der Waals surface area contributed by atoms with Gasteiger partial charge in [-0.2, -0.15) is 0 Å². The molecule has 0 radical (unpaired) electrons. The van der Waals surface area contributed by atoms with Gasteiger partial charge in [0.15, 0.2) is 5.69 Å². The molecule has 1 aromatic heterocycles. The highest BCUT2D eigenvalue weighted by atomic mass is 19.1. The van der Waals surface area contributed by atoms with Gasteiger partial charge >= 0.3 is 0 Å². The minimum absolute atomic E-state index is 0.0278. The van der Waals surface area contributed by atoms with Gasteiger partial charge in [0.05, 0.1) is 12.7 Å². The molecule has 1 aliphatic rings. The highest BCUT2D eigenvalue weighted by Crippen LogP contribution is 2.12. The molecule has 1 unspecified atom stereocenters. The first-order valence-electron chi connectivity index (χ1n) is 7.31. The average Bonchev–Trinajstić information content (AvgIpc) is 2.95. The van der Waals surface area contributed by atoms with Gasteiger partial charge in [0, 0.05) is 19.1 Å². The van der Waals surface area contributed by atoms with Gasteiger partial charge in [0.2, 0.25) is 0 Å². The van der Waals surface area contributed by atoms with E-state index in [1.54, 1.807) is 23.2 Å². The summed E-state index contributed by atoms with van der Waals surface area (Å²) in [6.07, 6.45) is 3.44. The number of aromatic nitrogens is 3. The Labute approximate surface area is 127 Å². The van der Waals surface area contributed by atoms with E-state index >= 15 is 0 Å². The second-order valence-electron chi connectivity index (χ2n) is 5.58. The Morgan fingerprint density at radius 2 is 2.32 bits per heavy atom. The third-order valence-electron chi connectivity index (χ3n) is 3.74. The van der Waals surface area contributed by atoms with Crippen molar-refractivity contribution in [3.05, 3.63) is 47.5 Å². The molecule has 3 rings (SSSR count). The smallest absolute Gasteiger partial charge is 0.276 e. The summed E-state index contributed by atoms with van der Waals surface area (Å²) in [6.45, 7) is 1.62. The van der Waals surface area contributed by atoms with E-state index < -0.39 is 0 Å². The summed E-state index contributed by atoms with van der Waals surface area (Å²) in [6, 6.07) is 6.30. The zero-order valence-electron chi connectivity index (χ0n) is 12.2. The van der Waals surface area contributed by atoms with E-state index in [4.69, 9.17) is 5.73 Å². The number of halogens is 1. The van der Waals surface area contributed by atoms with Crippen molar-refractivity contribution in [1.29, 1.82) is 0 Å². The first-order valence-corrected chi connectivity index (χ1v) is 7.31. The quantitative estimate of drug-likeness (QED) is 0.918. The molecule has 0 bridgehead atoms. The summed E-state index contributed by atoms with van der Waals surface area (Å²) in [5.41, 5.74) is 6.96. The van der Waals surface area contributed by atoms with Gasteiger partial charge in [0.1, 0.15) is 5.82 Å². The Morgan fingerprint density at radius 3 is 3.09 bits per heavy atom. The number of piperidine rings is 1. The molecule has 2 aromatic rings. The summed E-state index contributed by atoms with van der Waals surface area (Å²) in [7, 11) is 0. The first-order chi connectivity index (χ1) is 10.6. The largest absolute Gasteiger partial charge is 0.336 e. The van der Waals surface area contributed by atoms with E-state index in [1.165, 1.54) is 16.8 Å². The summed E-state index contributed by atoms with van der Waals surface area (Å²) in [5, 5.41) is 7.86. The van der Waals surface area contributed by atoms with Crippen molar-refractivity contribution in [2.24, 2.45) is 5.73 Å². The Morgan fingerprint density at radius 1 is 1.45 bits per heavy atom. The highest BCUT2D eigenvalue weighted by Gasteiger charge is 2.24. The molecule has 6 nitrogen and oxygen atoms in total. The number of hydrogen-bond donors (Lipinski definition) is 1. The molecule has 7 heteroatoms. The minimum atomic E-state index is -0.295. The molecule has 116 valence electrons. The molecule has 0 aliphatic carbocycles. The van der Waals surface area contributed by atoms with Crippen molar-refractivity contribution in [1.82, 2.24) is 19.9 Å². The second kappa shape index (κ2) is 6.23. The van der Waals surface area contributed by atoms with Crippen LogP contribution in [0.5, 0.6) is 0 Å². The second-order valence-corrected chi connectivity index (χ2v) is 5.58. The fraction of sp³-hybridized carbons (Fsp3) is 0.400. The van der Waals surface area contributed by atoms with Crippen LogP contribution in [0.3, 0.4) is 0 Å². The number of amides is 1. The van der Waals surface area contributed by atoms with E-state index in [2.05, 4.69) is 10.3 Å². The van der Waals surface area contributed by atoms with Crippen LogP contribution in [-0.4, -0.2) is 44.9 Å². The number of hydrogen-bond acceptors (Lipinski definition) is 4. The zero-order valence-corrected chi connectivity index (χ0v) is 12.2. The van der Waals surface area contributed by atoms with E-state index in [0.29, 0.717) is 25.3 Å². The Hall–Kier alpha value is -2.28. The van der Waals surface area contributed by atoms with Gasteiger partial charge < -0.3 is 10.6 Å². The minimum Gasteiger partial charge on any atom is -0.336 e.